The molecule has 1 aliphatic rings. The van der Waals surface area contributed by atoms with Crippen molar-refractivity contribution < 1.29 is 21.6 Å². The van der Waals surface area contributed by atoms with Gasteiger partial charge in [-0.25, -0.2) is 18.4 Å². The number of halogens is 3. The Balaban J connectivity index is 2.57. The molecular weight excluding hydrogens is 269 g/mol. The van der Waals surface area contributed by atoms with Gasteiger partial charge in [0.05, 0.1) is 5.75 Å². The Bertz CT molecular complexity index is 565. The van der Waals surface area contributed by atoms with Crippen molar-refractivity contribution in [3.05, 3.63) is 17.5 Å². The summed E-state index contributed by atoms with van der Waals surface area (Å²) in [6.45, 7) is 1.34. The van der Waals surface area contributed by atoms with Crippen LogP contribution in [-0.2, 0) is 16.0 Å². The Morgan fingerprint density at radius 3 is 2.39 bits per heavy atom. The fraction of sp³-hybridized carbons (Fsp3) is 0.600. The molecule has 100 valence electrons. The van der Waals surface area contributed by atoms with E-state index in [1.807, 2.05) is 0 Å². The van der Waals surface area contributed by atoms with E-state index in [4.69, 9.17) is 0 Å². The van der Waals surface area contributed by atoms with Crippen LogP contribution in [0.25, 0.3) is 0 Å². The quantitative estimate of drug-likeness (QED) is 0.796. The predicted octanol–water partition coefficient (Wildman–Crippen LogP) is 2.17. The summed E-state index contributed by atoms with van der Waals surface area (Å²) in [6.07, 6.45) is -3.19. The molecule has 1 saturated carbocycles. The fourth-order valence-electron chi connectivity index (χ4n) is 1.44. The first-order valence-corrected chi connectivity index (χ1v) is 7.08. The third kappa shape index (κ3) is 2.63. The van der Waals surface area contributed by atoms with Crippen LogP contribution in [0.5, 0.6) is 0 Å². The SMILES string of the molecule is CCS(=O)(=O)c1nc(C2CC2)cc(C(F)(F)F)n1. The normalized spacial score (nSPS) is 16.9. The van der Waals surface area contributed by atoms with Crippen molar-refractivity contribution in [2.45, 2.75) is 37.0 Å². The van der Waals surface area contributed by atoms with Crippen LogP contribution in [0.1, 0.15) is 37.1 Å². The van der Waals surface area contributed by atoms with Crippen molar-refractivity contribution in [3.8, 4) is 0 Å². The molecule has 0 N–H and O–H groups in total. The maximum atomic E-state index is 12.6. The summed E-state index contributed by atoms with van der Waals surface area (Å²) in [4.78, 5) is 6.89. The molecule has 0 aromatic carbocycles. The highest BCUT2D eigenvalue weighted by Gasteiger charge is 2.37. The molecule has 0 unspecified atom stereocenters. The van der Waals surface area contributed by atoms with E-state index in [9.17, 15) is 21.6 Å². The van der Waals surface area contributed by atoms with Crippen LogP contribution in [0.2, 0.25) is 0 Å². The highest BCUT2D eigenvalue weighted by molar-refractivity contribution is 7.91. The molecule has 1 aromatic rings. The molecule has 8 heteroatoms. The van der Waals surface area contributed by atoms with Crippen molar-refractivity contribution in [1.82, 2.24) is 9.97 Å². The molecule has 18 heavy (non-hydrogen) atoms. The third-order valence-electron chi connectivity index (χ3n) is 2.67. The molecular formula is C10H11F3N2O2S. The zero-order valence-corrected chi connectivity index (χ0v) is 10.3. The van der Waals surface area contributed by atoms with Gasteiger partial charge in [-0.1, -0.05) is 6.92 Å². The number of aromatic nitrogens is 2. The van der Waals surface area contributed by atoms with Crippen molar-refractivity contribution >= 4 is 9.84 Å². The summed E-state index contributed by atoms with van der Waals surface area (Å²) in [5.41, 5.74) is -1.02. The lowest BCUT2D eigenvalue weighted by atomic mass is 10.2. The van der Waals surface area contributed by atoms with Crippen LogP contribution in [0.4, 0.5) is 13.2 Å². The smallest absolute Gasteiger partial charge is 0.223 e. The van der Waals surface area contributed by atoms with Gasteiger partial charge in [0.15, 0.2) is 0 Å². The average molecular weight is 280 g/mol. The van der Waals surface area contributed by atoms with Gasteiger partial charge in [-0.15, -0.1) is 0 Å². The van der Waals surface area contributed by atoms with Crippen LogP contribution in [-0.4, -0.2) is 24.1 Å². The molecule has 1 aliphatic carbocycles. The van der Waals surface area contributed by atoms with Gasteiger partial charge in [0, 0.05) is 11.6 Å². The summed E-state index contributed by atoms with van der Waals surface area (Å²) in [5, 5.41) is -0.721. The van der Waals surface area contributed by atoms with E-state index in [1.165, 1.54) is 6.92 Å². The lowest BCUT2D eigenvalue weighted by Gasteiger charge is -2.09. The number of nitrogens with zero attached hydrogens (tertiary/aromatic N) is 2. The molecule has 0 amide bonds. The van der Waals surface area contributed by atoms with E-state index in [0.717, 1.165) is 18.9 Å². The van der Waals surface area contributed by atoms with Crippen molar-refractivity contribution in [2.24, 2.45) is 0 Å². The van der Waals surface area contributed by atoms with Gasteiger partial charge >= 0.3 is 6.18 Å². The van der Waals surface area contributed by atoms with Crippen molar-refractivity contribution in [3.63, 3.8) is 0 Å². The lowest BCUT2D eigenvalue weighted by molar-refractivity contribution is -0.141. The zero-order valence-electron chi connectivity index (χ0n) is 9.53. The molecule has 0 aliphatic heterocycles. The highest BCUT2D eigenvalue weighted by atomic mass is 32.2. The van der Waals surface area contributed by atoms with Crippen LogP contribution in [0.3, 0.4) is 0 Å². The monoisotopic (exact) mass is 280 g/mol. The second-order valence-electron chi connectivity index (χ2n) is 4.14. The van der Waals surface area contributed by atoms with E-state index < -0.39 is 26.9 Å². The molecule has 0 bridgehead atoms. The molecule has 2 rings (SSSR count). The minimum Gasteiger partial charge on any atom is -0.223 e. The summed E-state index contributed by atoms with van der Waals surface area (Å²) in [5.74, 6) is -0.391. The average Bonchev–Trinajstić information content (AvgIpc) is 3.11. The van der Waals surface area contributed by atoms with Crippen LogP contribution in [0, 0.1) is 0 Å². The van der Waals surface area contributed by atoms with Gasteiger partial charge in [0.25, 0.3) is 0 Å². The largest absolute Gasteiger partial charge is 0.433 e. The Labute approximate surface area is 102 Å². The van der Waals surface area contributed by atoms with E-state index in [0.29, 0.717) is 0 Å². The lowest BCUT2D eigenvalue weighted by Crippen LogP contribution is -2.16. The third-order valence-corrected chi connectivity index (χ3v) is 4.17. The standard InChI is InChI=1S/C10H11F3N2O2S/c1-2-18(16,17)9-14-7(6-3-4-6)5-8(15-9)10(11,12)13/h5-6H,2-4H2,1H3. The first kappa shape index (κ1) is 13.3. The molecule has 0 radical (unpaired) electrons. The number of rotatable bonds is 3. The van der Waals surface area contributed by atoms with Gasteiger partial charge in [-0.2, -0.15) is 13.2 Å². The summed E-state index contributed by atoms with van der Waals surface area (Å²) < 4.78 is 61.1. The van der Waals surface area contributed by atoms with Gasteiger partial charge < -0.3 is 0 Å². The van der Waals surface area contributed by atoms with Gasteiger partial charge in [-0.05, 0) is 18.9 Å². The molecule has 4 nitrogen and oxygen atoms in total. The minimum absolute atomic E-state index is 0.0695. The van der Waals surface area contributed by atoms with Crippen molar-refractivity contribution in [1.29, 1.82) is 0 Å². The predicted molar refractivity (Wildman–Crippen MR) is 56.7 cm³/mol. The molecule has 1 heterocycles. The maximum Gasteiger partial charge on any atom is 0.433 e. The Morgan fingerprint density at radius 2 is 1.94 bits per heavy atom. The van der Waals surface area contributed by atoms with Gasteiger partial charge in [0.1, 0.15) is 5.69 Å². The van der Waals surface area contributed by atoms with E-state index >= 15 is 0 Å². The molecule has 1 aromatic heterocycles. The fourth-order valence-corrected chi connectivity index (χ4v) is 2.18. The Morgan fingerprint density at radius 1 is 1.33 bits per heavy atom. The summed E-state index contributed by atoms with van der Waals surface area (Å²) >= 11 is 0. The first-order valence-electron chi connectivity index (χ1n) is 5.43. The topological polar surface area (TPSA) is 59.9 Å². The Kier molecular flexibility index (Phi) is 3.08. The first-order chi connectivity index (χ1) is 8.24. The summed E-state index contributed by atoms with van der Waals surface area (Å²) in [7, 11) is -3.83. The number of hydrogen-bond donors (Lipinski definition) is 0. The Hall–Kier alpha value is -1.18. The van der Waals surface area contributed by atoms with Crippen LogP contribution in [0.15, 0.2) is 11.2 Å². The second kappa shape index (κ2) is 4.18. The second-order valence-corrected chi connectivity index (χ2v) is 6.31. The van der Waals surface area contributed by atoms with E-state index in [2.05, 4.69) is 9.97 Å². The van der Waals surface area contributed by atoms with Crippen molar-refractivity contribution in [2.75, 3.05) is 5.75 Å². The molecule has 0 saturated heterocycles. The number of hydrogen-bond acceptors (Lipinski definition) is 4. The summed E-state index contributed by atoms with van der Waals surface area (Å²) in [6, 6.07) is 0.840. The molecule has 0 spiro atoms. The number of sulfone groups is 1. The van der Waals surface area contributed by atoms with Crippen LogP contribution < -0.4 is 0 Å². The maximum absolute atomic E-state index is 12.6. The molecule has 0 atom stereocenters. The minimum atomic E-state index is -4.66. The number of alkyl halides is 3. The van der Waals surface area contributed by atoms with E-state index in [-0.39, 0.29) is 17.4 Å². The van der Waals surface area contributed by atoms with E-state index in [1.54, 1.807) is 0 Å². The molecule has 1 fully saturated rings. The van der Waals surface area contributed by atoms with Gasteiger partial charge in [0.2, 0.25) is 15.0 Å². The highest BCUT2D eigenvalue weighted by Crippen LogP contribution is 2.40. The zero-order chi connectivity index (χ0) is 13.6. The van der Waals surface area contributed by atoms with Crippen LogP contribution >= 0.6 is 0 Å². The van der Waals surface area contributed by atoms with Gasteiger partial charge in [-0.3, -0.25) is 0 Å².